The second-order valence-corrected chi connectivity index (χ2v) is 3.95. The minimum absolute atomic E-state index is 1.07. The molecule has 1 heterocycles. The van der Waals surface area contributed by atoms with Crippen molar-refractivity contribution < 1.29 is 0 Å². The first-order valence-corrected chi connectivity index (χ1v) is 4.40. The molecule has 1 nitrogen and oxygen atoms in total. The van der Waals surface area contributed by atoms with E-state index in [4.69, 9.17) is 0 Å². The lowest BCUT2D eigenvalue weighted by molar-refractivity contribution is 1.11. The Morgan fingerprint density at radius 3 is 2.30 bits per heavy atom. The molecule has 56 valence electrons. The summed E-state index contributed by atoms with van der Waals surface area (Å²) in [6.45, 7) is 6.27. The molecule has 0 atom stereocenters. The molecule has 0 spiro atoms. The molecule has 0 fully saturated rings. The Kier molecular flexibility index (Phi) is 2.36. The zero-order valence-corrected chi connectivity index (χ0v) is 8.07. The van der Waals surface area contributed by atoms with Crippen LogP contribution >= 0.6 is 24.6 Å². The van der Waals surface area contributed by atoms with Crippen LogP contribution in [0.1, 0.15) is 20.8 Å². The SMILES string of the molecule is CC1=C(C)C(C)=C(S)SN1. The molecule has 10 heavy (non-hydrogen) atoms. The molecule has 0 saturated carbocycles. The molecule has 0 bridgehead atoms. The minimum Gasteiger partial charge on any atom is -0.329 e. The van der Waals surface area contributed by atoms with Crippen LogP contribution in [0.2, 0.25) is 0 Å². The summed E-state index contributed by atoms with van der Waals surface area (Å²) in [4.78, 5) is 0. The molecule has 0 aliphatic carbocycles. The highest BCUT2D eigenvalue weighted by Crippen LogP contribution is 2.31. The maximum atomic E-state index is 4.30. The maximum Gasteiger partial charge on any atom is 0.0614 e. The van der Waals surface area contributed by atoms with Crippen LogP contribution in [-0.4, -0.2) is 0 Å². The fourth-order valence-electron chi connectivity index (χ4n) is 0.720. The van der Waals surface area contributed by atoms with Gasteiger partial charge in [-0.15, -0.1) is 12.6 Å². The van der Waals surface area contributed by atoms with Gasteiger partial charge in [-0.25, -0.2) is 0 Å². The quantitative estimate of drug-likeness (QED) is 0.431. The maximum absolute atomic E-state index is 4.30. The van der Waals surface area contributed by atoms with E-state index in [0.717, 1.165) is 4.24 Å². The van der Waals surface area contributed by atoms with Crippen molar-refractivity contribution in [1.29, 1.82) is 0 Å². The van der Waals surface area contributed by atoms with Gasteiger partial charge in [0.15, 0.2) is 0 Å². The Bertz CT molecular complexity index is 192. The van der Waals surface area contributed by atoms with Crippen LogP contribution in [0.3, 0.4) is 0 Å². The summed E-state index contributed by atoms with van der Waals surface area (Å²) in [6.07, 6.45) is 0. The van der Waals surface area contributed by atoms with Crippen LogP contribution in [0, 0.1) is 0 Å². The summed E-state index contributed by atoms with van der Waals surface area (Å²) >= 11 is 5.88. The lowest BCUT2D eigenvalue weighted by atomic mass is 10.1. The molecule has 0 saturated heterocycles. The van der Waals surface area contributed by atoms with Gasteiger partial charge in [-0.1, -0.05) is 0 Å². The third-order valence-electron chi connectivity index (χ3n) is 1.75. The van der Waals surface area contributed by atoms with Gasteiger partial charge in [0, 0.05) is 5.70 Å². The average Bonchev–Trinajstić information content (AvgIpc) is 1.93. The predicted molar refractivity (Wildman–Crippen MR) is 50.8 cm³/mol. The van der Waals surface area contributed by atoms with E-state index in [1.165, 1.54) is 16.8 Å². The van der Waals surface area contributed by atoms with Crippen molar-refractivity contribution in [2.75, 3.05) is 0 Å². The lowest BCUT2D eigenvalue weighted by Crippen LogP contribution is -2.08. The predicted octanol–water partition coefficient (Wildman–Crippen LogP) is 2.69. The van der Waals surface area contributed by atoms with E-state index in [1.807, 2.05) is 0 Å². The first-order valence-electron chi connectivity index (χ1n) is 3.13. The van der Waals surface area contributed by atoms with Gasteiger partial charge in [0.05, 0.1) is 4.24 Å². The molecule has 1 N–H and O–H groups in total. The van der Waals surface area contributed by atoms with Gasteiger partial charge < -0.3 is 4.72 Å². The molecule has 0 radical (unpaired) electrons. The third-order valence-corrected chi connectivity index (χ3v) is 3.26. The number of hydrogen-bond donors (Lipinski definition) is 2. The lowest BCUT2D eigenvalue weighted by Gasteiger charge is -2.17. The summed E-state index contributed by atoms with van der Waals surface area (Å²) < 4.78 is 4.25. The molecule has 1 aliphatic heterocycles. The summed E-state index contributed by atoms with van der Waals surface area (Å²) in [5.41, 5.74) is 3.83. The molecule has 0 unspecified atom stereocenters. The smallest absolute Gasteiger partial charge is 0.0614 e. The molecule has 1 rings (SSSR count). The van der Waals surface area contributed by atoms with Crippen molar-refractivity contribution in [2.24, 2.45) is 0 Å². The van der Waals surface area contributed by atoms with Gasteiger partial charge in [0.25, 0.3) is 0 Å². The number of allylic oxidation sites excluding steroid dienone is 3. The van der Waals surface area contributed by atoms with Crippen LogP contribution < -0.4 is 4.72 Å². The van der Waals surface area contributed by atoms with Gasteiger partial charge in [-0.3, -0.25) is 0 Å². The van der Waals surface area contributed by atoms with E-state index in [1.54, 1.807) is 11.9 Å². The highest BCUT2D eigenvalue weighted by Gasteiger charge is 2.09. The molecule has 3 heteroatoms. The summed E-state index contributed by atoms with van der Waals surface area (Å²) in [6, 6.07) is 0. The number of thiol groups is 1. The molecule has 0 aromatic carbocycles. The van der Waals surface area contributed by atoms with Crippen molar-refractivity contribution in [2.45, 2.75) is 20.8 Å². The van der Waals surface area contributed by atoms with Gasteiger partial charge in [0.2, 0.25) is 0 Å². The van der Waals surface area contributed by atoms with E-state index >= 15 is 0 Å². The fourth-order valence-corrected chi connectivity index (χ4v) is 1.73. The van der Waals surface area contributed by atoms with Crippen LogP contribution in [0.5, 0.6) is 0 Å². The average molecular weight is 173 g/mol. The number of nitrogens with one attached hydrogen (secondary N) is 1. The highest BCUT2D eigenvalue weighted by atomic mass is 32.2. The Balaban J connectivity index is 3.01. The van der Waals surface area contributed by atoms with Crippen molar-refractivity contribution in [3.05, 3.63) is 21.1 Å². The molecular weight excluding hydrogens is 162 g/mol. The van der Waals surface area contributed by atoms with E-state index < -0.39 is 0 Å². The zero-order chi connectivity index (χ0) is 7.72. The van der Waals surface area contributed by atoms with E-state index in [9.17, 15) is 0 Å². The molecule has 0 aromatic rings. The van der Waals surface area contributed by atoms with E-state index in [-0.39, 0.29) is 0 Å². The van der Waals surface area contributed by atoms with E-state index in [0.29, 0.717) is 0 Å². The largest absolute Gasteiger partial charge is 0.329 e. The Labute approximate surface area is 71.5 Å². The Morgan fingerprint density at radius 2 is 1.80 bits per heavy atom. The minimum atomic E-state index is 1.07. The monoisotopic (exact) mass is 173 g/mol. The summed E-state index contributed by atoms with van der Waals surface area (Å²) in [5, 5.41) is 0. The molecular formula is C7H11NS2. The molecule has 0 aromatic heterocycles. The van der Waals surface area contributed by atoms with Gasteiger partial charge in [-0.2, -0.15) is 0 Å². The van der Waals surface area contributed by atoms with Crippen molar-refractivity contribution in [3.8, 4) is 0 Å². The van der Waals surface area contributed by atoms with Crippen LogP contribution in [0.4, 0.5) is 0 Å². The summed E-state index contributed by atoms with van der Waals surface area (Å²) in [5.74, 6) is 0. The van der Waals surface area contributed by atoms with Crippen molar-refractivity contribution in [1.82, 2.24) is 4.72 Å². The number of hydrogen-bond acceptors (Lipinski definition) is 3. The highest BCUT2D eigenvalue weighted by molar-refractivity contribution is 8.14. The topological polar surface area (TPSA) is 12.0 Å². The van der Waals surface area contributed by atoms with Crippen molar-refractivity contribution >= 4 is 24.6 Å². The summed E-state index contributed by atoms with van der Waals surface area (Å²) in [7, 11) is 0. The van der Waals surface area contributed by atoms with Gasteiger partial charge in [-0.05, 0) is 43.9 Å². The van der Waals surface area contributed by atoms with Gasteiger partial charge in [0.1, 0.15) is 0 Å². The second-order valence-electron chi connectivity index (χ2n) is 2.38. The second kappa shape index (κ2) is 2.93. The molecule has 1 aliphatic rings. The molecule has 0 amide bonds. The normalized spacial score (nSPS) is 19.6. The van der Waals surface area contributed by atoms with Crippen LogP contribution in [-0.2, 0) is 0 Å². The Morgan fingerprint density at radius 1 is 1.20 bits per heavy atom. The fraction of sp³-hybridized carbons (Fsp3) is 0.429. The standard InChI is InChI=1S/C7H11NS2/c1-4-5(2)7(9)10-8-6(4)3/h8-9H,1-3H3. The van der Waals surface area contributed by atoms with Crippen LogP contribution in [0.15, 0.2) is 21.1 Å². The zero-order valence-electron chi connectivity index (χ0n) is 6.36. The first kappa shape index (κ1) is 8.08. The van der Waals surface area contributed by atoms with Crippen LogP contribution in [0.25, 0.3) is 0 Å². The Hall–Kier alpha value is -0.0200. The van der Waals surface area contributed by atoms with Gasteiger partial charge >= 0.3 is 0 Å². The first-order chi connectivity index (χ1) is 4.63. The van der Waals surface area contributed by atoms with Crippen molar-refractivity contribution in [3.63, 3.8) is 0 Å². The number of rotatable bonds is 0. The van der Waals surface area contributed by atoms with E-state index in [2.05, 4.69) is 38.1 Å². The third kappa shape index (κ3) is 1.35.